The van der Waals surface area contributed by atoms with E-state index >= 15 is 0 Å². The van der Waals surface area contributed by atoms with Crippen LogP contribution in [0.2, 0.25) is 0 Å². The molecule has 0 heterocycles. The van der Waals surface area contributed by atoms with Gasteiger partial charge in [-0.15, -0.1) is 0 Å². The second kappa shape index (κ2) is 9.32. The van der Waals surface area contributed by atoms with Gasteiger partial charge in [-0.25, -0.2) is 8.42 Å². The normalized spacial score (nSPS) is 12.1. The minimum atomic E-state index is -3.06. The molecule has 0 saturated carbocycles. The van der Waals surface area contributed by atoms with E-state index in [9.17, 15) is 13.2 Å². The van der Waals surface area contributed by atoms with Crippen molar-refractivity contribution in [2.45, 2.75) is 57.6 Å². The Hall–Kier alpha value is -1.94. The van der Waals surface area contributed by atoms with Gasteiger partial charge in [0.1, 0.15) is 5.78 Å². The van der Waals surface area contributed by atoms with E-state index in [2.05, 4.69) is 24.3 Å². The summed E-state index contributed by atoms with van der Waals surface area (Å²) in [5, 5.41) is 0. The fourth-order valence-electron chi connectivity index (χ4n) is 2.86. The molecular weight excluding hydrogens is 356 g/mol. The lowest BCUT2D eigenvalue weighted by Gasteiger charge is -2.18. The molecule has 0 aliphatic heterocycles. The van der Waals surface area contributed by atoms with E-state index in [0.29, 0.717) is 19.3 Å². The zero-order chi connectivity index (χ0) is 19.9. The minimum Gasteiger partial charge on any atom is -0.299 e. The van der Waals surface area contributed by atoms with Crippen molar-refractivity contribution in [2.24, 2.45) is 0 Å². The molecule has 0 spiro atoms. The van der Waals surface area contributed by atoms with Gasteiger partial charge >= 0.3 is 0 Å². The molecule has 2 aromatic rings. The van der Waals surface area contributed by atoms with Gasteiger partial charge in [-0.1, -0.05) is 61.0 Å². The zero-order valence-electron chi connectivity index (χ0n) is 16.6. The monoisotopic (exact) mass is 386 g/mol. The smallest absolute Gasteiger partial charge is 0.155 e. The molecule has 3 nitrogen and oxygen atoms in total. The van der Waals surface area contributed by atoms with Crippen LogP contribution >= 0.6 is 0 Å². The lowest BCUT2D eigenvalue weighted by atomic mass is 10.0. The largest absolute Gasteiger partial charge is 0.299 e. The molecule has 4 heteroatoms. The zero-order valence-corrected chi connectivity index (χ0v) is 17.4. The first-order valence-corrected chi connectivity index (χ1v) is 11.2. The Morgan fingerprint density at radius 1 is 0.815 bits per heavy atom. The number of carbonyl (C=O) groups is 1. The maximum atomic E-state index is 12.2. The minimum absolute atomic E-state index is 0.200. The highest BCUT2D eigenvalue weighted by atomic mass is 32.2. The molecule has 0 N–H and O–H groups in total. The van der Waals surface area contributed by atoms with Gasteiger partial charge in [0, 0.05) is 12.8 Å². The number of unbranched alkanes of at least 4 members (excludes halogenated alkanes) is 2. The summed E-state index contributed by atoms with van der Waals surface area (Å²) in [7, 11) is -3.06. The van der Waals surface area contributed by atoms with Crippen LogP contribution < -0.4 is 0 Å². The number of carbonyl (C=O) groups excluding carboxylic acids is 1. The lowest BCUT2D eigenvalue weighted by molar-refractivity contribution is -0.118. The Labute approximate surface area is 163 Å². The first-order chi connectivity index (χ1) is 12.7. The van der Waals surface area contributed by atoms with Crippen LogP contribution in [0.25, 0.3) is 11.1 Å². The van der Waals surface area contributed by atoms with Gasteiger partial charge in [0.25, 0.3) is 0 Å². The van der Waals surface area contributed by atoms with E-state index in [4.69, 9.17) is 0 Å². The van der Waals surface area contributed by atoms with Gasteiger partial charge in [-0.2, -0.15) is 0 Å². The summed E-state index contributed by atoms with van der Waals surface area (Å²) in [6, 6.07) is 18.3. The molecule has 0 aromatic heterocycles. The van der Waals surface area contributed by atoms with Gasteiger partial charge in [0.2, 0.25) is 0 Å². The van der Waals surface area contributed by atoms with Crippen LogP contribution in [0, 0.1) is 0 Å². The molecule has 0 atom stereocenters. The molecular formula is C23H30O3S. The predicted octanol–water partition coefficient (Wildman–Crippen LogP) is 5.24. The highest BCUT2D eigenvalue weighted by Crippen LogP contribution is 2.20. The van der Waals surface area contributed by atoms with Gasteiger partial charge in [0.15, 0.2) is 9.84 Å². The SMILES string of the molecule is CC(C)(C)S(=O)(=O)CCCCCC(=O)Cc1ccc(-c2ccccc2)cc1. The molecule has 0 fully saturated rings. The summed E-state index contributed by atoms with van der Waals surface area (Å²) in [6.45, 7) is 5.19. The molecule has 0 amide bonds. The van der Waals surface area contributed by atoms with Gasteiger partial charge < -0.3 is 0 Å². The van der Waals surface area contributed by atoms with Gasteiger partial charge in [-0.05, 0) is 50.3 Å². The summed E-state index contributed by atoms with van der Waals surface area (Å²) in [5.74, 6) is 0.409. The summed E-state index contributed by atoms with van der Waals surface area (Å²) in [6.07, 6.45) is 3.10. The van der Waals surface area contributed by atoms with Crippen LogP contribution in [0.4, 0.5) is 0 Å². The number of hydrogen-bond acceptors (Lipinski definition) is 3. The first-order valence-electron chi connectivity index (χ1n) is 9.57. The van der Waals surface area contributed by atoms with Crippen molar-refractivity contribution in [1.82, 2.24) is 0 Å². The predicted molar refractivity (Wildman–Crippen MR) is 113 cm³/mol. The number of hydrogen-bond donors (Lipinski definition) is 0. The van der Waals surface area contributed by atoms with Crippen LogP contribution in [-0.4, -0.2) is 24.7 Å². The molecule has 0 radical (unpaired) electrons. The van der Waals surface area contributed by atoms with Crippen molar-refractivity contribution < 1.29 is 13.2 Å². The van der Waals surface area contributed by atoms with E-state index in [0.717, 1.165) is 24.0 Å². The average molecular weight is 387 g/mol. The Morgan fingerprint density at radius 3 is 2.00 bits per heavy atom. The Bertz CT molecular complexity index is 829. The standard InChI is InChI=1S/C23H30O3S/c1-23(2,3)27(25,26)17-9-5-8-12-22(24)18-19-13-15-21(16-14-19)20-10-6-4-7-11-20/h4,6-7,10-11,13-16H,5,8-9,12,17-18H2,1-3H3. The molecule has 0 unspecified atom stereocenters. The average Bonchev–Trinajstić information content (AvgIpc) is 2.62. The lowest BCUT2D eigenvalue weighted by Crippen LogP contribution is -2.30. The summed E-state index contributed by atoms with van der Waals surface area (Å²) < 4.78 is 23.4. The van der Waals surface area contributed by atoms with Crippen molar-refractivity contribution in [2.75, 3.05) is 5.75 Å². The third-order valence-electron chi connectivity index (χ3n) is 4.76. The first kappa shape index (κ1) is 21.4. The maximum Gasteiger partial charge on any atom is 0.155 e. The highest BCUT2D eigenvalue weighted by Gasteiger charge is 2.27. The number of sulfone groups is 1. The number of benzene rings is 2. The Kier molecular flexibility index (Phi) is 7.37. The van der Waals surface area contributed by atoms with Crippen molar-refractivity contribution in [3.8, 4) is 11.1 Å². The van der Waals surface area contributed by atoms with Crippen LogP contribution in [0.3, 0.4) is 0 Å². The molecule has 0 bridgehead atoms. The molecule has 27 heavy (non-hydrogen) atoms. The summed E-state index contributed by atoms with van der Waals surface area (Å²) in [5.41, 5.74) is 3.34. The van der Waals surface area contributed by atoms with Crippen LogP contribution in [0.15, 0.2) is 54.6 Å². The van der Waals surface area contributed by atoms with Crippen molar-refractivity contribution in [1.29, 1.82) is 0 Å². The maximum absolute atomic E-state index is 12.2. The highest BCUT2D eigenvalue weighted by molar-refractivity contribution is 7.92. The van der Waals surface area contributed by atoms with Crippen LogP contribution in [0.1, 0.15) is 52.0 Å². The number of ketones is 1. The second-order valence-electron chi connectivity index (χ2n) is 8.02. The Balaban J connectivity index is 1.73. The molecule has 0 aliphatic rings. The fourth-order valence-corrected chi connectivity index (χ4v) is 4.06. The molecule has 146 valence electrons. The van der Waals surface area contributed by atoms with Crippen LogP contribution in [0.5, 0.6) is 0 Å². The second-order valence-corrected chi connectivity index (χ2v) is 10.9. The van der Waals surface area contributed by atoms with Crippen molar-refractivity contribution >= 4 is 15.6 Å². The molecule has 2 rings (SSSR count). The summed E-state index contributed by atoms with van der Waals surface area (Å²) in [4.78, 5) is 12.2. The third-order valence-corrected chi connectivity index (χ3v) is 7.46. The number of rotatable bonds is 9. The van der Waals surface area contributed by atoms with E-state index < -0.39 is 14.6 Å². The van der Waals surface area contributed by atoms with Gasteiger partial charge in [-0.3, -0.25) is 4.79 Å². The van der Waals surface area contributed by atoms with E-state index in [1.165, 1.54) is 5.56 Å². The molecule has 0 aliphatic carbocycles. The van der Waals surface area contributed by atoms with Crippen molar-refractivity contribution in [3.05, 3.63) is 60.2 Å². The van der Waals surface area contributed by atoms with Crippen molar-refractivity contribution in [3.63, 3.8) is 0 Å². The van der Waals surface area contributed by atoms with Gasteiger partial charge in [0.05, 0.1) is 10.5 Å². The topological polar surface area (TPSA) is 51.2 Å². The van der Waals surface area contributed by atoms with E-state index in [-0.39, 0.29) is 11.5 Å². The quantitative estimate of drug-likeness (QED) is 0.554. The Morgan fingerprint density at radius 2 is 1.41 bits per heavy atom. The summed E-state index contributed by atoms with van der Waals surface area (Å²) >= 11 is 0. The van der Waals surface area contributed by atoms with Crippen LogP contribution in [-0.2, 0) is 21.1 Å². The molecule has 2 aromatic carbocycles. The fraction of sp³-hybridized carbons (Fsp3) is 0.435. The molecule has 0 saturated heterocycles. The number of Topliss-reactive ketones (excluding diaryl/α,β-unsaturated/α-hetero) is 1. The third kappa shape index (κ3) is 6.62. The van der Waals surface area contributed by atoms with E-state index in [1.807, 2.05) is 30.3 Å². The van der Waals surface area contributed by atoms with E-state index in [1.54, 1.807) is 20.8 Å².